The van der Waals surface area contributed by atoms with Gasteiger partial charge in [-0.25, -0.2) is 0 Å². The SMILES string of the molecule is C=C1CC=C2O[C@H]3[C@@H](O)C=C[C@H]4[C@H]5CC1=C2[C@]43CCN5C. The van der Waals surface area contributed by atoms with E-state index in [0.29, 0.717) is 12.0 Å². The highest BCUT2D eigenvalue weighted by atomic mass is 16.5. The molecule has 3 nitrogen and oxygen atoms in total. The Kier molecular flexibility index (Phi) is 2.16. The van der Waals surface area contributed by atoms with E-state index in [0.717, 1.165) is 31.6 Å². The molecule has 2 saturated heterocycles. The molecule has 2 fully saturated rings. The monoisotopic (exact) mass is 283 g/mol. The Hall–Kier alpha value is -1.32. The lowest BCUT2D eigenvalue weighted by molar-refractivity contribution is -0.0789. The third kappa shape index (κ3) is 1.24. The Balaban J connectivity index is 1.82. The van der Waals surface area contributed by atoms with Crippen LogP contribution in [0.2, 0.25) is 0 Å². The van der Waals surface area contributed by atoms with Gasteiger partial charge in [-0.15, -0.1) is 0 Å². The van der Waals surface area contributed by atoms with Crippen molar-refractivity contribution in [2.75, 3.05) is 13.6 Å². The van der Waals surface area contributed by atoms with Gasteiger partial charge in [0.25, 0.3) is 0 Å². The molecule has 110 valence electrons. The van der Waals surface area contributed by atoms with Gasteiger partial charge in [-0.05, 0) is 50.1 Å². The minimum atomic E-state index is -0.489. The zero-order valence-electron chi connectivity index (χ0n) is 12.4. The van der Waals surface area contributed by atoms with E-state index in [4.69, 9.17) is 4.74 Å². The van der Waals surface area contributed by atoms with Crippen molar-refractivity contribution in [1.82, 2.24) is 4.90 Å². The molecule has 0 amide bonds. The summed E-state index contributed by atoms with van der Waals surface area (Å²) in [4.78, 5) is 2.49. The van der Waals surface area contributed by atoms with E-state index in [2.05, 4.69) is 30.7 Å². The van der Waals surface area contributed by atoms with Crippen molar-refractivity contribution in [3.63, 3.8) is 0 Å². The Morgan fingerprint density at radius 1 is 1.43 bits per heavy atom. The maximum Gasteiger partial charge on any atom is 0.138 e. The average molecular weight is 283 g/mol. The molecule has 5 atom stereocenters. The van der Waals surface area contributed by atoms with Crippen LogP contribution >= 0.6 is 0 Å². The quantitative estimate of drug-likeness (QED) is 0.692. The topological polar surface area (TPSA) is 32.7 Å². The lowest BCUT2D eigenvalue weighted by Gasteiger charge is -2.56. The van der Waals surface area contributed by atoms with Crippen molar-refractivity contribution in [3.05, 3.63) is 47.3 Å². The van der Waals surface area contributed by atoms with Gasteiger partial charge in [0.1, 0.15) is 18.0 Å². The van der Waals surface area contributed by atoms with Crippen LogP contribution in [-0.2, 0) is 4.74 Å². The van der Waals surface area contributed by atoms with Gasteiger partial charge < -0.3 is 14.7 Å². The van der Waals surface area contributed by atoms with Crippen molar-refractivity contribution in [2.24, 2.45) is 11.3 Å². The average Bonchev–Trinajstić information content (AvgIpc) is 2.81. The number of aliphatic hydroxyl groups excluding tert-OH is 1. The summed E-state index contributed by atoms with van der Waals surface area (Å²) in [5.41, 5.74) is 4.04. The van der Waals surface area contributed by atoms with E-state index in [1.807, 2.05) is 6.08 Å². The highest BCUT2D eigenvalue weighted by Crippen LogP contribution is 2.65. The van der Waals surface area contributed by atoms with Crippen molar-refractivity contribution in [3.8, 4) is 0 Å². The second kappa shape index (κ2) is 3.71. The molecule has 5 rings (SSSR count). The first kappa shape index (κ1) is 12.2. The first-order valence-corrected chi connectivity index (χ1v) is 7.98. The molecule has 0 saturated carbocycles. The molecule has 1 N–H and O–H groups in total. The van der Waals surface area contributed by atoms with Crippen molar-refractivity contribution in [2.45, 2.75) is 37.5 Å². The molecule has 0 radical (unpaired) electrons. The van der Waals surface area contributed by atoms with Crippen LogP contribution < -0.4 is 0 Å². The summed E-state index contributed by atoms with van der Waals surface area (Å²) in [5, 5.41) is 10.5. The molecule has 2 heterocycles. The van der Waals surface area contributed by atoms with E-state index in [9.17, 15) is 5.11 Å². The van der Waals surface area contributed by atoms with E-state index < -0.39 is 6.10 Å². The van der Waals surface area contributed by atoms with Crippen LogP contribution in [0.15, 0.2) is 47.3 Å². The van der Waals surface area contributed by atoms with Crippen LogP contribution in [0.5, 0.6) is 0 Å². The second-order valence-corrected chi connectivity index (χ2v) is 7.21. The third-order valence-electron chi connectivity index (χ3n) is 6.43. The molecule has 3 aliphatic carbocycles. The molecular weight excluding hydrogens is 262 g/mol. The smallest absolute Gasteiger partial charge is 0.138 e. The number of likely N-dealkylation sites (tertiary alicyclic amines) is 1. The van der Waals surface area contributed by atoms with Gasteiger partial charge in [0.05, 0.1) is 0 Å². The highest BCUT2D eigenvalue weighted by Gasteiger charge is 2.65. The summed E-state index contributed by atoms with van der Waals surface area (Å²) in [7, 11) is 2.23. The van der Waals surface area contributed by atoms with Crippen LogP contribution in [0.4, 0.5) is 0 Å². The standard InChI is InChI=1S/C18H21NO2/c1-10-3-6-15-16-11(10)9-13-12-4-5-14(20)17(21-15)18(12,16)7-8-19(13)2/h4-6,12-14,17,20H,1,3,7-9H2,2H3/t12-,13+,14-,17-,18-/m0/s1. The maximum atomic E-state index is 10.5. The van der Waals surface area contributed by atoms with Gasteiger partial charge in [0, 0.05) is 22.9 Å². The number of nitrogens with zero attached hydrogens (tertiary/aromatic N) is 1. The van der Waals surface area contributed by atoms with Crippen LogP contribution in [0.3, 0.4) is 0 Å². The number of rotatable bonds is 0. The van der Waals surface area contributed by atoms with Crippen LogP contribution in [0.25, 0.3) is 0 Å². The first-order valence-electron chi connectivity index (χ1n) is 7.98. The van der Waals surface area contributed by atoms with Gasteiger partial charge in [0.15, 0.2) is 0 Å². The minimum Gasteiger partial charge on any atom is -0.486 e. The zero-order valence-corrected chi connectivity index (χ0v) is 12.4. The fourth-order valence-corrected chi connectivity index (χ4v) is 5.45. The predicted octanol–water partition coefficient (Wildman–Crippen LogP) is 2.17. The number of aliphatic hydroxyl groups is 1. The zero-order chi connectivity index (χ0) is 14.4. The van der Waals surface area contributed by atoms with E-state index >= 15 is 0 Å². The molecule has 1 spiro atoms. The molecule has 0 aromatic heterocycles. The Morgan fingerprint density at radius 2 is 2.29 bits per heavy atom. The number of hydrogen-bond acceptors (Lipinski definition) is 3. The van der Waals surface area contributed by atoms with Gasteiger partial charge in [0.2, 0.25) is 0 Å². The molecular formula is C18H21NO2. The Morgan fingerprint density at radius 3 is 3.14 bits per heavy atom. The minimum absolute atomic E-state index is 0.0197. The van der Waals surface area contributed by atoms with Crippen molar-refractivity contribution < 1.29 is 9.84 Å². The van der Waals surface area contributed by atoms with Gasteiger partial charge in [-0.3, -0.25) is 0 Å². The summed E-state index contributed by atoms with van der Waals surface area (Å²) in [6.45, 7) is 5.38. The van der Waals surface area contributed by atoms with Gasteiger partial charge >= 0.3 is 0 Å². The fraction of sp³-hybridized carbons (Fsp3) is 0.556. The molecule has 5 aliphatic rings. The van der Waals surface area contributed by atoms with E-state index in [1.165, 1.54) is 16.7 Å². The lowest BCUT2D eigenvalue weighted by atomic mass is 9.52. The number of hydrogen-bond donors (Lipinski definition) is 1. The van der Waals surface area contributed by atoms with Gasteiger partial charge in [-0.2, -0.15) is 0 Å². The number of allylic oxidation sites excluding steroid dienone is 3. The van der Waals surface area contributed by atoms with Crippen LogP contribution in [0.1, 0.15) is 19.3 Å². The van der Waals surface area contributed by atoms with Crippen molar-refractivity contribution >= 4 is 0 Å². The predicted molar refractivity (Wildman–Crippen MR) is 80.5 cm³/mol. The largest absolute Gasteiger partial charge is 0.486 e. The number of ether oxygens (including phenoxy) is 1. The molecule has 3 heteroatoms. The molecule has 2 aliphatic heterocycles. The summed E-state index contributed by atoms with van der Waals surface area (Å²) in [6.07, 6.45) is 8.83. The van der Waals surface area contributed by atoms with Crippen molar-refractivity contribution in [1.29, 1.82) is 0 Å². The molecule has 2 bridgehead atoms. The van der Waals surface area contributed by atoms with Crippen LogP contribution in [0, 0.1) is 11.3 Å². The summed E-state index contributed by atoms with van der Waals surface area (Å²) >= 11 is 0. The highest BCUT2D eigenvalue weighted by molar-refractivity contribution is 5.57. The normalized spacial score (nSPS) is 47.1. The Bertz CT molecular complexity index is 644. The van der Waals surface area contributed by atoms with Gasteiger partial charge in [-0.1, -0.05) is 18.7 Å². The summed E-state index contributed by atoms with van der Waals surface area (Å²) in [6, 6.07) is 0.515. The van der Waals surface area contributed by atoms with E-state index in [-0.39, 0.29) is 11.5 Å². The van der Waals surface area contributed by atoms with E-state index in [1.54, 1.807) is 0 Å². The summed E-state index contributed by atoms with van der Waals surface area (Å²) in [5.74, 6) is 1.50. The molecule has 21 heavy (non-hydrogen) atoms. The molecule has 0 aromatic carbocycles. The molecule has 0 aromatic rings. The number of piperidine rings is 1. The fourth-order valence-electron chi connectivity index (χ4n) is 5.45. The second-order valence-electron chi connectivity index (χ2n) is 7.21. The summed E-state index contributed by atoms with van der Waals surface area (Å²) < 4.78 is 6.26. The Labute approximate surface area is 125 Å². The molecule has 0 unspecified atom stereocenters. The lowest BCUT2D eigenvalue weighted by Crippen LogP contribution is -2.61. The third-order valence-corrected chi connectivity index (χ3v) is 6.43. The maximum absolute atomic E-state index is 10.5. The van der Waals surface area contributed by atoms with Crippen LogP contribution in [-0.4, -0.2) is 41.8 Å². The first-order chi connectivity index (χ1) is 10.1.